The highest BCUT2D eigenvalue weighted by Gasteiger charge is 2.33. The van der Waals surface area contributed by atoms with Crippen LogP contribution in [0.25, 0.3) is 0 Å². The van der Waals surface area contributed by atoms with Crippen LogP contribution in [0.4, 0.5) is 0 Å². The fourth-order valence-electron chi connectivity index (χ4n) is 3.18. The Labute approximate surface area is 129 Å². The first-order valence-corrected chi connectivity index (χ1v) is 8.37. The Hall–Kier alpha value is -0.430. The molecule has 0 spiro atoms. The van der Waals surface area contributed by atoms with E-state index in [1.54, 1.807) is 0 Å². The molecule has 3 rings (SSSR count). The molecule has 0 saturated carbocycles. The Morgan fingerprint density at radius 3 is 2.65 bits per heavy atom. The third-order valence-corrected chi connectivity index (χ3v) is 5.46. The van der Waals surface area contributed by atoms with E-state index >= 15 is 0 Å². The maximum absolute atomic E-state index is 4.57. The predicted molar refractivity (Wildman–Crippen MR) is 83.8 cm³/mol. The first kappa shape index (κ1) is 14.5. The molecule has 6 heteroatoms. The van der Waals surface area contributed by atoms with Gasteiger partial charge in [0.15, 0.2) is 0 Å². The summed E-state index contributed by atoms with van der Waals surface area (Å²) in [6.07, 6.45) is 0. The number of piperazine rings is 1. The van der Waals surface area contributed by atoms with Crippen LogP contribution < -0.4 is 5.32 Å². The first-order chi connectivity index (χ1) is 9.69. The highest BCUT2D eigenvalue weighted by Crippen LogP contribution is 2.25. The van der Waals surface area contributed by atoms with Crippen molar-refractivity contribution in [2.75, 3.05) is 39.3 Å². The summed E-state index contributed by atoms with van der Waals surface area (Å²) in [6.45, 7) is 13.3. The summed E-state index contributed by atoms with van der Waals surface area (Å²) in [5.41, 5.74) is 2.42. The van der Waals surface area contributed by atoms with Crippen molar-refractivity contribution in [2.45, 2.75) is 33.0 Å². The first-order valence-electron chi connectivity index (χ1n) is 7.58. The quantitative estimate of drug-likeness (QED) is 0.888. The highest BCUT2D eigenvalue weighted by molar-refractivity contribution is 9.10. The van der Waals surface area contributed by atoms with Gasteiger partial charge in [0.25, 0.3) is 0 Å². The van der Waals surface area contributed by atoms with Gasteiger partial charge in [0, 0.05) is 58.4 Å². The maximum Gasteiger partial charge on any atom is 0.0739 e. The average Bonchev–Trinajstić information content (AvgIpc) is 2.70. The minimum absolute atomic E-state index is 0.759. The van der Waals surface area contributed by atoms with E-state index in [9.17, 15) is 0 Å². The van der Waals surface area contributed by atoms with Crippen LogP contribution in [-0.2, 0) is 13.1 Å². The molecule has 1 aromatic rings. The summed E-state index contributed by atoms with van der Waals surface area (Å²) in [5, 5.41) is 7.99. The van der Waals surface area contributed by atoms with Gasteiger partial charge in [0.2, 0.25) is 0 Å². The number of hydrogen-bond donors (Lipinski definition) is 1. The number of nitrogens with zero attached hydrogens (tertiary/aromatic N) is 4. The summed E-state index contributed by atoms with van der Waals surface area (Å²) >= 11 is 3.69. The van der Waals surface area contributed by atoms with Crippen molar-refractivity contribution in [3.63, 3.8) is 0 Å². The molecule has 0 aromatic carbocycles. The van der Waals surface area contributed by atoms with Crippen LogP contribution in [0.3, 0.4) is 0 Å². The molecular formula is C14H24BrN5. The van der Waals surface area contributed by atoms with Crippen LogP contribution in [0.2, 0.25) is 0 Å². The highest BCUT2D eigenvalue weighted by atomic mass is 79.9. The van der Waals surface area contributed by atoms with Crippen molar-refractivity contribution < 1.29 is 0 Å². The molecule has 0 amide bonds. The number of halogens is 1. The van der Waals surface area contributed by atoms with Gasteiger partial charge in [-0.3, -0.25) is 14.5 Å². The van der Waals surface area contributed by atoms with Crippen molar-refractivity contribution in [3.8, 4) is 0 Å². The molecule has 20 heavy (non-hydrogen) atoms. The Balaban J connectivity index is 1.56. The predicted octanol–water partition coefficient (Wildman–Crippen LogP) is 1.06. The third kappa shape index (κ3) is 2.79. The topological polar surface area (TPSA) is 36.3 Å². The van der Waals surface area contributed by atoms with Gasteiger partial charge in [-0.05, 0) is 29.8 Å². The normalized spacial score (nSPS) is 22.1. The summed E-state index contributed by atoms with van der Waals surface area (Å²) < 4.78 is 3.31. The van der Waals surface area contributed by atoms with Crippen LogP contribution in [0, 0.1) is 6.92 Å². The van der Waals surface area contributed by atoms with E-state index in [1.165, 1.54) is 36.3 Å². The zero-order valence-corrected chi connectivity index (χ0v) is 14.0. The van der Waals surface area contributed by atoms with Crippen LogP contribution in [-0.4, -0.2) is 64.9 Å². The second kappa shape index (κ2) is 6.13. The number of aromatic nitrogens is 2. The molecule has 1 aromatic heterocycles. The van der Waals surface area contributed by atoms with E-state index in [-0.39, 0.29) is 0 Å². The van der Waals surface area contributed by atoms with Gasteiger partial charge in [0.05, 0.1) is 15.9 Å². The number of hydrogen-bond acceptors (Lipinski definition) is 4. The van der Waals surface area contributed by atoms with E-state index < -0.39 is 0 Å². The van der Waals surface area contributed by atoms with E-state index in [0.29, 0.717) is 0 Å². The van der Waals surface area contributed by atoms with Gasteiger partial charge in [-0.15, -0.1) is 0 Å². The van der Waals surface area contributed by atoms with Gasteiger partial charge in [-0.1, -0.05) is 0 Å². The molecule has 2 fully saturated rings. The number of rotatable bonds is 4. The lowest BCUT2D eigenvalue weighted by Crippen LogP contribution is -2.62. The molecule has 2 saturated heterocycles. The molecule has 0 aliphatic carbocycles. The average molecular weight is 342 g/mol. The maximum atomic E-state index is 4.57. The largest absolute Gasteiger partial charge is 0.314 e. The minimum Gasteiger partial charge on any atom is -0.314 e. The van der Waals surface area contributed by atoms with E-state index in [0.717, 1.165) is 37.9 Å². The monoisotopic (exact) mass is 341 g/mol. The molecular weight excluding hydrogens is 318 g/mol. The molecule has 0 bridgehead atoms. The number of likely N-dealkylation sites (tertiary alicyclic amines) is 1. The van der Waals surface area contributed by atoms with Crippen LogP contribution in [0.5, 0.6) is 0 Å². The number of nitrogens with one attached hydrogen (secondary N) is 1. The zero-order valence-electron chi connectivity index (χ0n) is 12.4. The Kier molecular flexibility index (Phi) is 4.45. The lowest BCUT2D eigenvalue weighted by Gasteiger charge is -2.46. The molecule has 2 aliphatic heterocycles. The van der Waals surface area contributed by atoms with Crippen LogP contribution in [0.15, 0.2) is 4.47 Å². The van der Waals surface area contributed by atoms with Gasteiger partial charge in [-0.25, -0.2) is 0 Å². The number of aryl methyl sites for hydroxylation is 2. The van der Waals surface area contributed by atoms with Crippen molar-refractivity contribution in [2.24, 2.45) is 0 Å². The lowest BCUT2D eigenvalue weighted by atomic mass is 10.1. The second-order valence-corrected chi connectivity index (χ2v) is 6.59. The smallest absolute Gasteiger partial charge is 0.0739 e. The summed E-state index contributed by atoms with van der Waals surface area (Å²) in [5.74, 6) is 0. The molecule has 3 heterocycles. The fourth-order valence-corrected chi connectivity index (χ4v) is 3.59. The van der Waals surface area contributed by atoms with Gasteiger partial charge in [-0.2, -0.15) is 5.10 Å². The molecule has 0 atom stereocenters. The van der Waals surface area contributed by atoms with Gasteiger partial charge < -0.3 is 5.32 Å². The van der Waals surface area contributed by atoms with Crippen LogP contribution in [0.1, 0.15) is 18.3 Å². The zero-order chi connectivity index (χ0) is 14.1. The van der Waals surface area contributed by atoms with Gasteiger partial charge >= 0.3 is 0 Å². The molecule has 0 unspecified atom stereocenters. The molecule has 5 nitrogen and oxygen atoms in total. The van der Waals surface area contributed by atoms with Crippen LogP contribution >= 0.6 is 15.9 Å². The van der Waals surface area contributed by atoms with Gasteiger partial charge in [0.1, 0.15) is 0 Å². The lowest BCUT2D eigenvalue weighted by molar-refractivity contribution is 0.0207. The second-order valence-electron chi connectivity index (χ2n) is 5.80. The molecule has 0 radical (unpaired) electrons. The third-order valence-electron chi connectivity index (χ3n) is 4.43. The Morgan fingerprint density at radius 2 is 2.00 bits per heavy atom. The Morgan fingerprint density at radius 1 is 1.30 bits per heavy atom. The van der Waals surface area contributed by atoms with Crippen molar-refractivity contribution >= 4 is 15.9 Å². The van der Waals surface area contributed by atoms with Crippen molar-refractivity contribution in [1.82, 2.24) is 24.9 Å². The van der Waals surface area contributed by atoms with E-state index in [2.05, 4.69) is 54.7 Å². The fraction of sp³-hybridized carbons (Fsp3) is 0.786. The standard InChI is InChI=1S/C14H24BrN5/c1-3-20-13(14(15)11(2)17-20)10-18-8-12(9-18)19-6-4-16-5-7-19/h12,16H,3-10H2,1-2H3. The molecule has 2 aliphatic rings. The molecule has 1 N–H and O–H groups in total. The summed E-state index contributed by atoms with van der Waals surface area (Å²) in [6, 6.07) is 0.759. The SMILES string of the molecule is CCn1nc(C)c(Br)c1CN1CC(N2CCNCC2)C1. The van der Waals surface area contributed by atoms with Crippen molar-refractivity contribution in [3.05, 3.63) is 15.9 Å². The van der Waals surface area contributed by atoms with Crippen molar-refractivity contribution in [1.29, 1.82) is 0 Å². The Bertz CT molecular complexity index is 460. The summed E-state index contributed by atoms with van der Waals surface area (Å²) in [7, 11) is 0. The molecule has 112 valence electrons. The minimum atomic E-state index is 0.759. The van der Waals surface area contributed by atoms with E-state index in [1.807, 2.05) is 0 Å². The summed E-state index contributed by atoms with van der Waals surface area (Å²) in [4.78, 5) is 5.16. The van der Waals surface area contributed by atoms with E-state index in [4.69, 9.17) is 0 Å².